The Morgan fingerprint density at radius 3 is 2.37 bits per heavy atom. The van der Waals surface area contributed by atoms with E-state index >= 15 is 0 Å². The molecule has 0 aromatic carbocycles. The molecule has 5 nitrogen and oxygen atoms in total. The van der Waals surface area contributed by atoms with Crippen LogP contribution in [0, 0.1) is 0 Å². The van der Waals surface area contributed by atoms with Gasteiger partial charge in [-0.2, -0.15) is 0 Å². The minimum Gasteiger partial charge on any atom is -0.450 e. The van der Waals surface area contributed by atoms with Crippen LogP contribution in [0.3, 0.4) is 0 Å². The van der Waals surface area contributed by atoms with Crippen LogP contribution in [-0.4, -0.2) is 47.8 Å². The Balaban J connectivity index is 1.88. The van der Waals surface area contributed by atoms with Gasteiger partial charge >= 0.3 is 0 Å². The van der Waals surface area contributed by atoms with Crippen molar-refractivity contribution in [2.24, 2.45) is 0 Å². The highest BCUT2D eigenvalue weighted by Gasteiger charge is 2.20. The van der Waals surface area contributed by atoms with Gasteiger partial charge in [0.25, 0.3) is 0 Å². The molecule has 2 amide bonds. The number of rotatable bonds is 2. The van der Waals surface area contributed by atoms with Gasteiger partial charge in [0.15, 0.2) is 4.67 Å². The molecule has 19 heavy (non-hydrogen) atoms. The predicted molar refractivity (Wildman–Crippen MR) is 74.3 cm³/mol. The van der Waals surface area contributed by atoms with Crippen LogP contribution in [0.5, 0.6) is 0 Å². The first-order valence-corrected chi connectivity index (χ1v) is 6.83. The number of hydrogen-bond acceptors (Lipinski definition) is 3. The molecular weight excluding hydrogens is 312 g/mol. The maximum Gasteiger partial charge on any atom is 0.246 e. The van der Waals surface area contributed by atoms with E-state index < -0.39 is 0 Å². The zero-order chi connectivity index (χ0) is 13.8. The molecule has 0 unspecified atom stereocenters. The van der Waals surface area contributed by atoms with Crippen molar-refractivity contribution in [2.75, 3.05) is 26.2 Å². The third kappa shape index (κ3) is 3.70. The lowest BCUT2D eigenvalue weighted by atomic mass is 10.3. The second kappa shape index (κ2) is 6.06. The van der Waals surface area contributed by atoms with Gasteiger partial charge in [0.1, 0.15) is 5.76 Å². The molecule has 1 aromatic heterocycles. The minimum atomic E-state index is -0.0595. The summed E-state index contributed by atoms with van der Waals surface area (Å²) in [4.78, 5) is 26.6. The zero-order valence-electron chi connectivity index (χ0n) is 10.6. The number of carbonyl (C=O) groups is 2. The number of piperazine rings is 1. The Kier molecular flexibility index (Phi) is 4.42. The van der Waals surface area contributed by atoms with Crippen molar-refractivity contribution in [3.63, 3.8) is 0 Å². The molecule has 0 atom stereocenters. The number of nitrogens with zero attached hydrogens (tertiary/aromatic N) is 2. The van der Waals surface area contributed by atoms with E-state index in [9.17, 15) is 9.59 Å². The van der Waals surface area contributed by atoms with Crippen molar-refractivity contribution >= 4 is 33.8 Å². The summed E-state index contributed by atoms with van der Waals surface area (Å²) < 4.78 is 5.91. The largest absolute Gasteiger partial charge is 0.450 e. The number of hydrogen-bond donors (Lipinski definition) is 0. The molecule has 102 valence electrons. The van der Waals surface area contributed by atoms with Crippen molar-refractivity contribution in [3.05, 3.63) is 28.6 Å². The van der Waals surface area contributed by atoms with Gasteiger partial charge in [-0.05, 0) is 34.1 Å². The van der Waals surface area contributed by atoms with Crippen LogP contribution in [0.15, 0.2) is 27.3 Å². The van der Waals surface area contributed by atoms with Gasteiger partial charge in [-0.3, -0.25) is 9.59 Å². The van der Waals surface area contributed by atoms with E-state index in [4.69, 9.17) is 4.42 Å². The van der Waals surface area contributed by atoms with Crippen LogP contribution in [0.2, 0.25) is 0 Å². The third-order valence-electron chi connectivity index (χ3n) is 3.02. The topological polar surface area (TPSA) is 53.8 Å². The van der Waals surface area contributed by atoms with Crippen molar-refractivity contribution in [2.45, 2.75) is 6.92 Å². The maximum absolute atomic E-state index is 11.9. The van der Waals surface area contributed by atoms with Gasteiger partial charge in [-0.1, -0.05) is 0 Å². The molecule has 1 aliphatic rings. The Morgan fingerprint density at radius 2 is 1.84 bits per heavy atom. The first-order valence-electron chi connectivity index (χ1n) is 6.04. The summed E-state index contributed by atoms with van der Waals surface area (Å²) in [6.45, 7) is 3.89. The fraction of sp³-hybridized carbons (Fsp3) is 0.385. The van der Waals surface area contributed by atoms with Crippen LogP contribution in [0.4, 0.5) is 0 Å². The Labute approximate surface area is 120 Å². The van der Waals surface area contributed by atoms with Gasteiger partial charge in [-0.25, -0.2) is 0 Å². The lowest BCUT2D eigenvalue weighted by Crippen LogP contribution is -2.49. The monoisotopic (exact) mass is 326 g/mol. The first kappa shape index (κ1) is 13.9. The highest BCUT2D eigenvalue weighted by atomic mass is 79.9. The van der Waals surface area contributed by atoms with E-state index in [1.807, 2.05) is 0 Å². The average molecular weight is 327 g/mol. The summed E-state index contributed by atoms with van der Waals surface area (Å²) in [7, 11) is 0. The molecule has 1 fully saturated rings. The first-order chi connectivity index (χ1) is 9.06. The van der Waals surface area contributed by atoms with Crippen LogP contribution in [-0.2, 0) is 9.59 Å². The molecule has 0 aliphatic carbocycles. The summed E-state index contributed by atoms with van der Waals surface area (Å²) in [5.41, 5.74) is 0. The van der Waals surface area contributed by atoms with Crippen LogP contribution < -0.4 is 0 Å². The molecule has 1 aromatic rings. The fourth-order valence-corrected chi connectivity index (χ4v) is 2.24. The van der Waals surface area contributed by atoms with Crippen LogP contribution in [0.1, 0.15) is 12.7 Å². The summed E-state index contributed by atoms with van der Waals surface area (Å²) in [5.74, 6) is 0.626. The summed E-state index contributed by atoms with van der Waals surface area (Å²) >= 11 is 3.20. The van der Waals surface area contributed by atoms with Crippen molar-refractivity contribution in [1.82, 2.24) is 9.80 Å². The van der Waals surface area contributed by atoms with Crippen LogP contribution in [0.25, 0.3) is 6.08 Å². The van der Waals surface area contributed by atoms with Crippen LogP contribution >= 0.6 is 15.9 Å². The smallest absolute Gasteiger partial charge is 0.246 e. The van der Waals surface area contributed by atoms with E-state index in [1.165, 1.54) is 6.08 Å². The molecule has 1 aliphatic heterocycles. The predicted octanol–water partition coefficient (Wildman–Crippen LogP) is 1.75. The Hall–Kier alpha value is -1.56. The SMILES string of the molecule is CC(=O)N1CCN(C(=O)/C=C/c2ccc(Br)o2)CC1. The summed E-state index contributed by atoms with van der Waals surface area (Å²) in [6, 6.07) is 3.55. The molecule has 1 saturated heterocycles. The van der Waals surface area contributed by atoms with Crippen molar-refractivity contribution in [3.8, 4) is 0 Å². The zero-order valence-corrected chi connectivity index (χ0v) is 12.2. The molecule has 2 heterocycles. The number of halogens is 1. The van der Waals surface area contributed by atoms with Gasteiger partial charge in [0.2, 0.25) is 11.8 Å². The van der Waals surface area contributed by atoms with Gasteiger partial charge < -0.3 is 14.2 Å². The fourth-order valence-electron chi connectivity index (χ4n) is 1.92. The lowest BCUT2D eigenvalue weighted by Gasteiger charge is -2.33. The lowest BCUT2D eigenvalue weighted by molar-refractivity contribution is -0.135. The van der Waals surface area contributed by atoms with Gasteiger partial charge in [-0.15, -0.1) is 0 Å². The third-order valence-corrected chi connectivity index (χ3v) is 3.45. The summed E-state index contributed by atoms with van der Waals surface area (Å²) in [6.07, 6.45) is 3.14. The Morgan fingerprint density at radius 1 is 1.21 bits per heavy atom. The van der Waals surface area contributed by atoms with Crippen molar-refractivity contribution in [1.29, 1.82) is 0 Å². The van der Waals surface area contributed by atoms with E-state index in [1.54, 1.807) is 34.9 Å². The number of amides is 2. The molecule has 0 N–H and O–H groups in total. The number of furan rings is 1. The molecule has 2 rings (SSSR count). The highest BCUT2D eigenvalue weighted by Crippen LogP contribution is 2.15. The molecule has 0 spiro atoms. The maximum atomic E-state index is 11.9. The molecule has 0 bridgehead atoms. The van der Waals surface area contributed by atoms with Gasteiger partial charge in [0.05, 0.1) is 0 Å². The van der Waals surface area contributed by atoms with Gasteiger partial charge in [0, 0.05) is 39.2 Å². The van der Waals surface area contributed by atoms with E-state index in [-0.39, 0.29) is 11.8 Å². The van der Waals surface area contributed by atoms with E-state index in [2.05, 4.69) is 15.9 Å². The normalized spacial score (nSPS) is 16.1. The Bertz CT molecular complexity index is 502. The second-order valence-corrected chi connectivity index (χ2v) is 5.09. The molecule has 0 radical (unpaired) electrons. The molecule has 6 heteroatoms. The number of carbonyl (C=O) groups excluding carboxylic acids is 2. The summed E-state index contributed by atoms with van der Waals surface area (Å²) in [5, 5.41) is 0. The minimum absolute atomic E-state index is 0.0584. The highest BCUT2D eigenvalue weighted by molar-refractivity contribution is 9.10. The average Bonchev–Trinajstić information content (AvgIpc) is 2.82. The molecular formula is C13H15BrN2O3. The molecule has 0 saturated carbocycles. The standard InChI is InChI=1S/C13H15BrN2O3/c1-10(17)15-6-8-16(9-7-15)13(18)5-3-11-2-4-12(14)19-11/h2-5H,6-9H2,1H3/b5-3+. The van der Waals surface area contributed by atoms with E-state index in [0.29, 0.717) is 36.6 Å². The van der Waals surface area contributed by atoms with Crippen molar-refractivity contribution < 1.29 is 14.0 Å². The van der Waals surface area contributed by atoms with E-state index in [0.717, 1.165) is 0 Å². The second-order valence-electron chi connectivity index (χ2n) is 4.31. The quantitative estimate of drug-likeness (QED) is 0.778.